The number of rotatable bonds is 4. The Morgan fingerprint density at radius 2 is 1.78 bits per heavy atom. The third-order valence-electron chi connectivity index (χ3n) is 3.48. The predicted octanol–water partition coefficient (Wildman–Crippen LogP) is 5.67. The second kappa shape index (κ2) is 7.60. The van der Waals surface area contributed by atoms with E-state index in [1.54, 1.807) is 6.20 Å². The Labute approximate surface area is 141 Å². The highest BCUT2D eigenvalue weighted by molar-refractivity contribution is 6.30. The van der Waals surface area contributed by atoms with Crippen molar-refractivity contribution in [1.29, 1.82) is 0 Å². The van der Waals surface area contributed by atoms with Gasteiger partial charge in [0.15, 0.2) is 0 Å². The molecule has 0 spiro atoms. The van der Waals surface area contributed by atoms with Crippen molar-refractivity contribution in [2.24, 2.45) is 0 Å². The van der Waals surface area contributed by atoms with E-state index in [1.807, 2.05) is 60.7 Å². The van der Waals surface area contributed by atoms with E-state index in [4.69, 9.17) is 11.6 Å². The Kier molecular flexibility index (Phi) is 5.06. The van der Waals surface area contributed by atoms with E-state index >= 15 is 0 Å². The normalized spacial score (nSPS) is 9.96. The van der Waals surface area contributed by atoms with Crippen LogP contribution < -0.4 is 0 Å². The number of pyridine rings is 1. The van der Waals surface area contributed by atoms with Gasteiger partial charge in [-0.25, -0.2) is 0 Å². The molecule has 0 saturated carbocycles. The fourth-order valence-corrected chi connectivity index (χ4v) is 2.53. The second-order valence-electron chi connectivity index (χ2n) is 5.19. The van der Waals surface area contributed by atoms with Crippen LogP contribution >= 0.6 is 11.6 Å². The van der Waals surface area contributed by atoms with Crippen LogP contribution in [0.2, 0.25) is 5.02 Å². The molecule has 23 heavy (non-hydrogen) atoms. The lowest BCUT2D eigenvalue weighted by Crippen LogP contribution is -1.90. The van der Waals surface area contributed by atoms with Crippen molar-refractivity contribution in [2.75, 3.05) is 0 Å². The summed E-state index contributed by atoms with van der Waals surface area (Å²) in [6, 6.07) is 24.1. The molecule has 0 radical (unpaired) electrons. The number of halogens is 1. The van der Waals surface area contributed by atoms with Crippen LogP contribution in [0.4, 0.5) is 0 Å². The third kappa shape index (κ3) is 4.43. The van der Waals surface area contributed by atoms with E-state index in [0.717, 1.165) is 28.3 Å². The highest BCUT2D eigenvalue weighted by atomic mass is 35.5. The minimum atomic E-state index is 0.729. The SMILES string of the molecule is Clc1cccc(C(=C=Cc2ccccn2)Cc2ccccc2)c1. The standard InChI is InChI=1S/C21H16ClN/c22-20-10-6-9-18(16-20)19(15-17-7-2-1-3-8-17)12-13-21-11-4-5-14-23-21/h1-11,13-14,16H,15H2. The smallest absolute Gasteiger partial charge is 0.0706 e. The molecule has 0 aliphatic carbocycles. The summed E-state index contributed by atoms with van der Waals surface area (Å²) in [4.78, 5) is 4.31. The first-order valence-corrected chi connectivity index (χ1v) is 7.85. The summed E-state index contributed by atoms with van der Waals surface area (Å²) in [6.07, 6.45) is 4.49. The first-order chi connectivity index (χ1) is 11.3. The molecule has 112 valence electrons. The topological polar surface area (TPSA) is 12.9 Å². The van der Waals surface area contributed by atoms with Crippen LogP contribution in [-0.4, -0.2) is 4.98 Å². The zero-order valence-corrected chi connectivity index (χ0v) is 13.4. The third-order valence-corrected chi connectivity index (χ3v) is 3.71. The van der Waals surface area contributed by atoms with Gasteiger partial charge in [0, 0.05) is 29.3 Å². The Bertz CT molecular complexity index is 832. The molecule has 2 heteroatoms. The minimum absolute atomic E-state index is 0.729. The zero-order valence-electron chi connectivity index (χ0n) is 12.6. The monoisotopic (exact) mass is 317 g/mol. The molecule has 0 amide bonds. The van der Waals surface area contributed by atoms with Crippen LogP contribution in [-0.2, 0) is 6.42 Å². The first kappa shape index (κ1) is 15.3. The fraction of sp³-hybridized carbons (Fsp3) is 0.0476. The lowest BCUT2D eigenvalue weighted by Gasteiger charge is -2.06. The van der Waals surface area contributed by atoms with Crippen LogP contribution in [0.5, 0.6) is 0 Å². The average molecular weight is 318 g/mol. The molecule has 0 bridgehead atoms. The van der Waals surface area contributed by atoms with Crippen LogP contribution in [0.15, 0.2) is 84.7 Å². The highest BCUT2D eigenvalue weighted by Crippen LogP contribution is 2.22. The zero-order chi connectivity index (χ0) is 15.9. The highest BCUT2D eigenvalue weighted by Gasteiger charge is 2.03. The lowest BCUT2D eigenvalue weighted by molar-refractivity contribution is 1.28. The maximum atomic E-state index is 6.15. The van der Waals surface area contributed by atoms with Gasteiger partial charge in [-0.15, -0.1) is 5.73 Å². The molecule has 3 rings (SSSR count). The molecule has 0 unspecified atom stereocenters. The molecule has 1 nitrogen and oxygen atoms in total. The predicted molar refractivity (Wildman–Crippen MR) is 97.2 cm³/mol. The Hall–Kier alpha value is -2.60. The first-order valence-electron chi connectivity index (χ1n) is 7.48. The lowest BCUT2D eigenvalue weighted by atomic mass is 9.99. The summed E-state index contributed by atoms with van der Waals surface area (Å²) in [6.45, 7) is 0. The summed E-state index contributed by atoms with van der Waals surface area (Å²) >= 11 is 6.15. The molecule has 0 aliphatic rings. The van der Waals surface area contributed by atoms with Crippen LogP contribution in [0, 0.1) is 0 Å². The molecule has 0 aliphatic heterocycles. The summed E-state index contributed by atoms with van der Waals surface area (Å²) in [5.41, 5.74) is 7.69. The van der Waals surface area contributed by atoms with E-state index in [9.17, 15) is 0 Å². The average Bonchev–Trinajstić information content (AvgIpc) is 2.60. The molecule has 3 aromatic rings. The molecule has 1 heterocycles. The Balaban J connectivity index is 2.01. The number of benzene rings is 2. The van der Waals surface area contributed by atoms with Crippen molar-refractivity contribution >= 4 is 23.3 Å². The number of nitrogens with zero attached hydrogens (tertiary/aromatic N) is 1. The van der Waals surface area contributed by atoms with Crippen LogP contribution in [0.25, 0.3) is 11.6 Å². The van der Waals surface area contributed by atoms with Gasteiger partial charge >= 0.3 is 0 Å². The number of allylic oxidation sites excluding steroid dienone is 1. The largest absolute Gasteiger partial charge is 0.256 e. The van der Waals surface area contributed by atoms with E-state index in [1.165, 1.54) is 5.56 Å². The molecular weight excluding hydrogens is 302 g/mol. The van der Waals surface area contributed by atoms with Gasteiger partial charge < -0.3 is 0 Å². The molecule has 0 fully saturated rings. The van der Waals surface area contributed by atoms with E-state index in [2.05, 4.69) is 28.9 Å². The van der Waals surface area contributed by atoms with Gasteiger partial charge in [-0.05, 0) is 35.4 Å². The van der Waals surface area contributed by atoms with Gasteiger partial charge in [0.25, 0.3) is 0 Å². The van der Waals surface area contributed by atoms with Crippen molar-refractivity contribution < 1.29 is 0 Å². The molecule has 2 aromatic carbocycles. The van der Waals surface area contributed by atoms with Gasteiger partial charge in [0.1, 0.15) is 0 Å². The van der Waals surface area contributed by atoms with E-state index in [-0.39, 0.29) is 0 Å². The number of hydrogen-bond donors (Lipinski definition) is 0. The fourth-order valence-electron chi connectivity index (χ4n) is 2.34. The minimum Gasteiger partial charge on any atom is -0.256 e. The summed E-state index contributed by atoms with van der Waals surface area (Å²) < 4.78 is 0. The van der Waals surface area contributed by atoms with Crippen molar-refractivity contribution in [3.05, 3.63) is 107 Å². The summed E-state index contributed by atoms with van der Waals surface area (Å²) in [5, 5.41) is 0.729. The Morgan fingerprint density at radius 3 is 2.52 bits per heavy atom. The van der Waals surface area contributed by atoms with Gasteiger partial charge in [-0.3, -0.25) is 4.98 Å². The molecular formula is C21H16ClN. The van der Waals surface area contributed by atoms with E-state index in [0.29, 0.717) is 0 Å². The van der Waals surface area contributed by atoms with Crippen molar-refractivity contribution in [2.45, 2.75) is 6.42 Å². The van der Waals surface area contributed by atoms with Gasteiger partial charge in [-0.2, -0.15) is 0 Å². The maximum Gasteiger partial charge on any atom is 0.0706 e. The van der Waals surface area contributed by atoms with Gasteiger partial charge in [-0.1, -0.05) is 60.1 Å². The van der Waals surface area contributed by atoms with Crippen LogP contribution in [0.3, 0.4) is 0 Å². The second-order valence-corrected chi connectivity index (χ2v) is 5.63. The molecule has 0 atom stereocenters. The summed E-state index contributed by atoms with van der Waals surface area (Å²) in [7, 11) is 0. The van der Waals surface area contributed by atoms with Gasteiger partial charge in [0.2, 0.25) is 0 Å². The van der Waals surface area contributed by atoms with Crippen molar-refractivity contribution in [3.8, 4) is 0 Å². The Morgan fingerprint density at radius 1 is 0.957 bits per heavy atom. The van der Waals surface area contributed by atoms with Crippen molar-refractivity contribution in [3.63, 3.8) is 0 Å². The maximum absolute atomic E-state index is 6.15. The summed E-state index contributed by atoms with van der Waals surface area (Å²) in [5.74, 6) is 0. The molecule has 1 aromatic heterocycles. The molecule has 0 saturated heterocycles. The number of hydrogen-bond acceptors (Lipinski definition) is 1. The molecule has 0 N–H and O–H groups in total. The van der Waals surface area contributed by atoms with E-state index < -0.39 is 0 Å². The van der Waals surface area contributed by atoms with Crippen LogP contribution in [0.1, 0.15) is 16.8 Å². The van der Waals surface area contributed by atoms with Crippen molar-refractivity contribution in [1.82, 2.24) is 4.98 Å². The number of aromatic nitrogens is 1. The quantitative estimate of drug-likeness (QED) is 0.565. The van der Waals surface area contributed by atoms with Gasteiger partial charge in [0.05, 0.1) is 5.69 Å².